The van der Waals surface area contributed by atoms with Gasteiger partial charge in [-0.05, 0) is 25.0 Å². The zero-order valence-electron chi connectivity index (χ0n) is 8.27. The lowest BCUT2D eigenvalue weighted by Gasteiger charge is -2.14. The Bertz CT molecular complexity index is 427. The molecule has 2 rings (SSSR count). The van der Waals surface area contributed by atoms with Gasteiger partial charge in [-0.15, -0.1) is 11.6 Å². The molecule has 0 aliphatic heterocycles. The molecule has 0 spiro atoms. The summed E-state index contributed by atoms with van der Waals surface area (Å²) in [7, 11) is -3.22. The predicted molar refractivity (Wildman–Crippen MR) is 60.9 cm³/mol. The molecular formula is C11H13ClO2S. The first kappa shape index (κ1) is 11.0. The monoisotopic (exact) mass is 244 g/mol. The van der Waals surface area contributed by atoms with Gasteiger partial charge in [-0.1, -0.05) is 24.6 Å². The zero-order valence-corrected chi connectivity index (χ0v) is 9.84. The summed E-state index contributed by atoms with van der Waals surface area (Å²) >= 11 is 6.03. The number of halogens is 1. The van der Waals surface area contributed by atoms with Gasteiger partial charge in [-0.3, -0.25) is 0 Å². The first-order valence-corrected chi connectivity index (χ1v) is 7.03. The Morgan fingerprint density at radius 1 is 1.13 bits per heavy atom. The van der Waals surface area contributed by atoms with Gasteiger partial charge in [0.25, 0.3) is 0 Å². The van der Waals surface area contributed by atoms with Crippen molar-refractivity contribution in [3.8, 4) is 0 Å². The average Bonchev–Trinajstić information content (AvgIpc) is 2.66. The van der Waals surface area contributed by atoms with Gasteiger partial charge >= 0.3 is 0 Å². The topological polar surface area (TPSA) is 34.1 Å². The molecule has 1 saturated carbocycles. The lowest BCUT2D eigenvalue weighted by atomic mass is 10.4. The van der Waals surface area contributed by atoms with Gasteiger partial charge < -0.3 is 0 Å². The molecule has 0 radical (unpaired) electrons. The van der Waals surface area contributed by atoms with E-state index < -0.39 is 15.1 Å². The molecule has 2 nitrogen and oxygen atoms in total. The Morgan fingerprint density at radius 3 is 2.33 bits per heavy atom. The number of hydrogen-bond acceptors (Lipinski definition) is 2. The van der Waals surface area contributed by atoms with Gasteiger partial charge in [0, 0.05) is 0 Å². The molecule has 1 aromatic carbocycles. The van der Waals surface area contributed by atoms with Crippen LogP contribution in [0.15, 0.2) is 35.2 Å². The molecular weight excluding hydrogens is 232 g/mol. The van der Waals surface area contributed by atoms with Crippen molar-refractivity contribution in [2.45, 2.75) is 34.8 Å². The molecule has 2 atom stereocenters. The molecule has 0 unspecified atom stereocenters. The second-order valence-electron chi connectivity index (χ2n) is 3.84. The summed E-state index contributed by atoms with van der Waals surface area (Å²) in [5.41, 5.74) is 0. The molecule has 1 aliphatic rings. The highest BCUT2D eigenvalue weighted by molar-refractivity contribution is 7.92. The van der Waals surface area contributed by atoms with Gasteiger partial charge in [0.05, 0.1) is 15.5 Å². The molecule has 0 heterocycles. The van der Waals surface area contributed by atoms with E-state index in [1.807, 2.05) is 6.07 Å². The van der Waals surface area contributed by atoms with Crippen molar-refractivity contribution in [3.63, 3.8) is 0 Å². The van der Waals surface area contributed by atoms with Crippen LogP contribution < -0.4 is 0 Å². The summed E-state index contributed by atoms with van der Waals surface area (Å²) in [6.45, 7) is 0. The SMILES string of the molecule is O=S(=O)(c1ccccc1)[C@@H]1CCC[C@@H]1Cl. The summed E-state index contributed by atoms with van der Waals surface area (Å²) in [6, 6.07) is 8.57. The van der Waals surface area contributed by atoms with E-state index in [-0.39, 0.29) is 5.38 Å². The van der Waals surface area contributed by atoms with Crippen LogP contribution in [-0.4, -0.2) is 19.0 Å². The van der Waals surface area contributed by atoms with E-state index >= 15 is 0 Å². The van der Waals surface area contributed by atoms with Crippen LogP contribution in [0.4, 0.5) is 0 Å². The molecule has 15 heavy (non-hydrogen) atoms. The van der Waals surface area contributed by atoms with Crippen molar-refractivity contribution in [3.05, 3.63) is 30.3 Å². The quantitative estimate of drug-likeness (QED) is 0.750. The lowest BCUT2D eigenvalue weighted by molar-refractivity contribution is 0.580. The van der Waals surface area contributed by atoms with Crippen LogP contribution in [0.1, 0.15) is 19.3 Å². The molecule has 0 bridgehead atoms. The zero-order chi connectivity index (χ0) is 10.9. The van der Waals surface area contributed by atoms with Crippen LogP contribution in [0, 0.1) is 0 Å². The van der Waals surface area contributed by atoms with Crippen molar-refractivity contribution < 1.29 is 8.42 Å². The van der Waals surface area contributed by atoms with Crippen molar-refractivity contribution in [1.29, 1.82) is 0 Å². The van der Waals surface area contributed by atoms with Crippen molar-refractivity contribution in [1.82, 2.24) is 0 Å². The third kappa shape index (κ3) is 2.04. The fraction of sp³-hybridized carbons (Fsp3) is 0.455. The molecule has 1 aliphatic carbocycles. The van der Waals surface area contributed by atoms with Crippen LogP contribution in [0.25, 0.3) is 0 Å². The van der Waals surface area contributed by atoms with Gasteiger partial charge in [-0.25, -0.2) is 8.42 Å². The van der Waals surface area contributed by atoms with E-state index in [9.17, 15) is 8.42 Å². The molecule has 4 heteroatoms. The van der Waals surface area contributed by atoms with E-state index in [0.29, 0.717) is 11.3 Å². The van der Waals surface area contributed by atoms with Crippen LogP contribution >= 0.6 is 11.6 Å². The molecule has 0 saturated heterocycles. The minimum Gasteiger partial charge on any atom is -0.223 e. The third-order valence-corrected chi connectivity index (χ3v) is 5.80. The predicted octanol–water partition coefficient (Wildman–Crippen LogP) is 2.62. The lowest BCUT2D eigenvalue weighted by Crippen LogP contribution is -2.25. The Hall–Kier alpha value is -0.540. The van der Waals surface area contributed by atoms with Crippen LogP contribution in [0.5, 0.6) is 0 Å². The maximum absolute atomic E-state index is 12.2. The minimum atomic E-state index is -3.22. The number of benzene rings is 1. The molecule has 0 amide bonds. The van der Waals surface area contributed by atoms with E-state index in [1.165, 1.54) is 0 Å². The first-order chi connectivity index (χ1) is 7.12. The van der Waals surface area contributed by atoms with Crippen LogP contribution in [-0.2, 0) is 9.84 Å². The molecule has 1 fully saturated rings. The highest BCUT2D eigenvalue weighted by atomic mass is 35.5. The number of hydrogen-bond donors (Lipinski definition) is 0. The number of rotatable bonds is 2. The number of alkyl halides is 1. The Balaban J connectivity index is 2.35. The second-order valence-corrected chi connectivity index (χ2v) is 6.57. The third-order valence-electron chi connectivity index (χ3n) is 2.84. The fourth-order valence-electron chi connectivity index (χ4n) is 2.02. The number of sulfone groups is 1. The summed E-state index contributed by atoms with van der Waals surface area (Å²) in [5.74, 6) is 0. The first-order valence-electron chi connectivity index (χ1n) is 5.05. The van der Waals surface area contributed by atoms with E-state index in [0.717, 1.165) is 12.8 Å². The molecule has 0 N–H and O–H groups in total. The minimum absolute atomic E-state index is 0.227. The van der Waals surface area contributed by atoms with Crippen molar-refractivity contribution in [2.24, 2.45) is 0 Å². The largest absolute Gasteiger partial charge is 0.223 e. The normalized spacial score (nSPS) is 26.7. The Morgan fingerprint density at radius 2 is 1.80 bits per heavy atom. The molecule has 82 valence electrons. The van der Waals surface area contributed by atoms with E-state index in [1.54, 1.807) is 24.3 Å². The Kier molecular flexibility index (Phi) is 3.03. The summed E-state index contributed by atoms with van der Waals surface area (Å²) < 4.78 is 24.3. The van der Waals surface area contributed by atoms with Gasteiger partial charge in [-0.2, -0.15) is 0 Å². The van der Waals surface area contributed by atoms with Crippen LogP contribution in [0.2, 0.25) is 0 Å². The van der Waals surface area contributed by atoms with Crippen molar-refractivity contribution in [2.75, 3.05) is 0 Å². The summed E-state index contributed by atoms with van der Waals surface area (Å²) in [4.78, 5) is 0.391. The summed E-state index contributed by atoms with van der Waals surface area (Å²) in [6.07, 6.45) is 2.40. The van der Waals surface area contributed by atoms with Crippen molar-refractivity contribution >= 4 is 21.4 Å². The summed E-state index contributed by atoms with van der Waals surface area (Å²) in [5, 5.41) is -0.628. The molecule has 1 aromatic rings. The average molecular weight is 245 g/mol. The van der Waals surface area contributed by atoms with E-state index in [4.69, 9.17) is 11.6 Å². The highest BCUT2D eigenvalue weighted by Crippen LogP contribution is 2.33. The van der Waals surface area contributed by atoms with Gasteiger partial charge in [0.1, 0.15) is 0 Å². The van der Waals surface area contributed by atoms with Crippen LogP contribution in [0.3, 0.4) is 0 Å². The highest BCUT2D eigenvalue weighted by Gasteiger charge is 2.36. The standard InChI is InChI=1S/C11H13ClO2S/c12-10-7-4-8-11(10)15(13,14)9-5-2-1-3-6-9/h1-3,5-6,10-11H,4,7-8H2/t10-,11+/m0/s1. The molecule has 0 aromatic heterocycles. The van der Waals surface area contributed by atoms with E-state index in [2.05, 4.69) is 0 Å². The smallest absolute Gasteiger partial charge is 0.182 e. The Labute approximate surface area is 95.2 Å². The maximum atomic E-state index is 12.2. The van der Waals surface area contributed by atoms with Gasteiger partial charge in [0.15, 0.2) is 9.84 Å². The van der Waals surface area contributed by atoms with Gasteiger partial charge in [0.2, 0.25) is 0 Å². The fourth-order valence-corrected chi connectivity index (χ4v) is 4.59. The maximum Gasteiger partial charge on any atom is 0.182 e. The second kappa shape index (κ2) is 4.14.